The molecule has 16 heavy (non-hydrogen) atoms. The van der Waals surface area contributed by atoms with Gasteiger partial charge in [-0.25, -0.2) is 0 Å². The molecule has 2 aromatic heterocycles. The van der Waals surface area contributed by atoms with Crippen LogP contribution in [0.5, 0.6) is 0 Å². The lowest BCUT2D eigenvalue weighted by Gasteiger charge is -2.14. The van der Waals surface area contributed by atoms with Crippen LogP contribution in [0.2, 0.25) is 0 Å². The summed E-state index contributed by atoms with van der Waals surface area (Å²) in [5.41, 5.74) is 1.16. The Bertz CT molecular complexity index is 460. The summed E-state index contributed by atoms with van der Waals surface area (Å²) >= 11 is 1.70. The Hall–Kier alpha value is -1.36. The average Bonchev–Trinajstić information content (AvgIpc) is 2.96. The molecule has 1 aliphatic rings. The van der Waals surface area contributed by atoms with Gasteiger partial charge in [-0.1, -0.05) is 0 Å². The number of rotatable bonds is 3. The summed E-state index contributed by atoms with van der Waals surface area (Å²) < 4.78 is 2.25. The van der Waals surface area contributed by atoms with Crippen molar-refractivity contribution in [3.05, 3.63) is 28.5 Å². The number of thiophene rings is 1. The highest BCUT2D eigenvalue weighted by molar-refractivity contribution is 7.08. The minimum atomic E-state index is 0.768. The van der Waals surface area contributed by atoms with E-state index in [2.05, 4.69) is 36.9 Å². The lowest BCUT2D eigenvalue weighted by Crippen LogP contribution is -2.15. The normalized spacial score (nSPS) is 14.8. The van der Waals surface area contributed by atoms with Crippen LogP contribution in [0.25, 0.3) is 0 Å². The summed E-state index contributed by atoms with van der Waals surface area (Å²) in [4.78, 5) is 0. The van der Waals surface area contributed by atoms with Crippen molar-refractivity contribution in [2.24, 2.45) is 0 Å². The number of hydrogen-bond acceptors (Lipinski definition) is 4. The van der Waals surface area contributed by atoms with E-state index in [0.29, 0.717) is 0 Å². The van der Waals surface area contributed by atoms with Crippen LogP contribution in [0.3, 0.4) is 0 Å². The molecule has 0 spiro atoms. The Morgan fingerprint density at radius 3 is 3.25 bits per heavy atom. The zero-order valence-corrected chi connectivity index (χ0v) is 9.83. The third-order valence-electron chi connectivity index (χ3n) is 2.91. The summed E-state index contributed by atoms with van der Waals surface area (Å²) in [6, 6.07) is 2.08. The van der Waals surface area contributed by atoms with Crippen LogP contribution >= 0.6 is 11.3 Å². The lowest BCUT2D eigenvalue weighted by molar-refractivity contribution is 0.510. The second-order valence-corrected chi connectivity index (χ2v) is 4.79. The van der Waals surface area contributed by atoms with Crippen LogP contribution in [-0.4, -0.2) is 14.8 Å². The molecule has 0 saturated heterocycles. The molecule has 84 valence electrons. The van der Waals surface area contributed by atoms with E-state index in [1.807, 2.05) is 0 Å². The number of fused-ring (bicyclic) bond motifs is 1. The van der Waals surface area contributed by atoms with Crippen LogP contribution in [0.1, 0.15) is 24.5 Å². The van der Waals surface area contributed by atoms with Gasteiger partial charge in [-0.15, -0.1) is 10.2 Å². The number of nitrogens with zero attached hydrogens (tertiary/aromatic N) is 3. The molecule has 0 unspecified atom stereocenters. The van der Waals surface area contributed by atoms with Crippen LogP contribution in [0.4, 0.5) is 5.69 Å². The smallest absolute Gasteiger partial charge is 0.152 e. The van der Waals surface area contributed by atoms with Gasteiger partial charge in [0.25, 0.3) is 0 Å². The van der Waals surface area contributed by atoms with E-state index in [1.54, 1.807) is 11.3 Å². The molecule has 1 aliphatic heterocycles. The third-order valence-corrected chi connectivity index (χ3v) is 3.59. The van der Waals surface area contributed by atoms with Crippen molar-refractivity contribution >= 4 is 17.0 Å². The van der Waals surface area contributed by atoms with Crippen LogP contribution in [-0.2, 0) is 19.5 Å². The molecule has 1 N–H and O–H groups in total. The third kappa shape index (κ3) is 1.82. The summed E-state index contributed by atoms with van der Waals surface area (Å²) in [7, 11) is 0. The lowest BCUT2D eigenvalue weighted by atomic mass is 10.2. The molecule has 0 amide bonds. The van der Waals surface area contributed by atoms with Crippen LogP contribution < -0.4 is 5.32 Å². The number of aryl methyl sites for hydroxylation is 1. The molecule has 0 fully saturated rings. The molecule has 0 aromatic carbocycles. The van der Waals surface area contributed by atoms with E-state index in [-0.39, 0.29) is 0 Å². The molecule has 0 saturated carbocycles. The zero-order chi connectivity index (χ0) is 10.8. The first-order valence-electron chi connectivity index (χ1n) is 5.60. The first-order valence-corrected chi connectivity index (χ1v) is 6.55. The van der Waals surface area contributed by atoms with Gasteiger partial charge in [-0.2, -0.15) is 11.3 Å². The van der Waals surface area contributed by atoms with Gasteiger partial charge in [0.2, 0.25) is 0 Å². The Labute approximate surface area is 98.3 Å². The van der Waals surface area contributed by atoms with E-state index in [1.165, 1.54) is 12.8 Å². The van der Waals surface area contributed by atoms with Gasteiger partial charge >= 0.3 is 0 Å². The molecule has 4 nitrogen and oxygen atoms in total. The highest BCUT2D eigenvalue weighted by Gasteiger charge is 2.14. The second-order valence-electron chi connectivity index (χ2n) is 4.01. The quantitative estimate of drug-likeness (QED) is 0.886. The van der Waals surface area contributed by atoms with E-state index in [0.717, 1.165) is 36.8 Å². The number of nitrogens with one attached hydrogen (secondary N) is 1. The first kappa shape index (κ1) is 9.84. The number of aromatic nitrogens is 3. The molecule has 0 bridgehead atoms. The van der Waals surface area contributed by atoms with Crippen molar-refractivity contribution in [3.8, 4) is 0 Å². The Morgan fingerprint density at radius 1 is 1.38 bits per heavy atom. The maximum Gasteiger partial charge on any atom is 0.152 e. The minimum Gasteiger partial charge on any atom is -0.377 e. The Balaban J connectivity index is 1.72. The molecular formula is C11H14N4S. The van der Waals surface area contributed by atoms with Crippen LogP contribution in [0, 0.1) is 0 Å². The van der Waals surface area contributed by atoms with Crippen molar-refractivity contribution in [3.63, 3.8) is 0 Å². The maximum absolute atomic E-state index is 4.25. The highest BCUT2D eigenvalue weighted by Crippen LogP contribution is 2.16. The van der Waals surface area contributed by atoms with Crippen molar-refractivity contribution < 1.29 is 0 Å². The van der Waals surface area contributed by atoms with Crippen molar-refractivity contribution in [1.82, 2.24) is 14.8 Å². The molecule has 2 aromatic rings. The monoisotopic (exact) mass is 234 g/mol. The molecule has 5 heteroatoms. The molecule has 0 atom stereocenters. The number of anilines is 1. The Kier molecular flexibility index (Phi) is 2.61. The van der Waals surface area contributed by atoms with Crippen molar-refractivity contribution in [2.45, 2.75) is 32.4 Å². The minimum absolute atomic E-state index is 0.768. The fourth-order valence-corrected chi connectivity index (χ4v) is 2.66. The molecule has 0 radical (unpaired) electrons. The molecule has 3 heterocycles. The maximum atomic E-state index is 4.25. The summed E-state index contributed by atoms with van der Waals surface area (Å²) in [5.74, 6) is 2.20. The topological polar surface area (TPSA) is 42.7 Å². The van der Waals surface area contributed by atoms with Gasteiger partial charge in [-0.05, 0) is 24.3 Å². The summed E-state index contributed by atoms with van der Waals surface area (Å²) in [5, 5.41) is 16.0. The molecule has 0 aliphatic carbocycles. The van der Waals surface area contributed by atoms with Gasteiger partial charge in [0.05, 0.1) is 6.54 Å². The van der Waals surface area contributed by atoms with E-state index >= 15 is 0 Å². The zero-order valence-electron chi connectivity index (χ0n) is 9.02. The van der Waals surface area contributed by atoms with Crippen LogP contribution in [0.15, 0.2) is 16.8 Å². The van der Waals surface area contributed by atoms with Gasteiger partial charge in [0.15, 0.2) is 5.82 Å². The Morgan fingerprint density at radius 2 is 2.38 bits per heavy atom. The van der Waals surface area contributed by atoms with E-state index < -0.39 is 0 Å². The average molecular weight is 234 g/mol. The predicted octanol–water partition coefficient (Wildman–Crippen LogP) is 2.29. The molecule has 3 rings (SSSR count). The van der Waals surface area contributed by atoms with Crippen molar-refractivity contribution in [1.29, 1.82) is 0 Å². The SMILES string of the molecule is c1cc(NCc2nnc3n2CCCC3)cs1. The predicted molar refractivity (Wildman–Crippen MR) is 64.6 cm³/mol. The van der Waals surface area contributed by atoms with E-state index in [4.69, 9.17) is 0 Å². The highest BCUT2D eigenvalue weighted by atomic mass is 32.1. The number of hydrogen-bond donors (Lipinski definition) is 1. The fourth-order valence-electron chi connectivity index (χ4n) is 2.05. The standard InChI is InChI=1S/C11H14N4S/c1-2-5-15-10(3-1)13-14-11(15)7-12-9-4-6-16-8-9/h4,6,8,12H,1-3,5,7H2. The van der Waals surface area contributed by atoms with Gasteiger partial charge in [0, 0.05) is 24.0 Å². The summed E-state index contributed by atoms with van der Waals surface area (Å²) in [6.07, 6.45) is 3.57. The first-order chi connectivity index (χ1) is 7.93. The second kappa shape index (κ2) is 4.25. The van der Waals surface area contributed by atoms with Gasteiger partial charge in [0.1, 0.15) is 5.82 Å². The van der Waals surface area contributed by atoms with Crippen molar-refractivity contribution in [2.75, 3.05) is 5.32 Å². The largest absolute Gasteiger partial charge is 0.377 e. The summed E-state index contributed by atoms with van der Waals surface area (Å²) in [6.45, 7) is 1.84. The van der Waals surface area contributed by atoms with E-state index in [9.17, 15) is 0 Å². The van der Waals surface area contributed by atoms with Gasteiger partial charge < -0.3 is 9.88 Å². The fraction of sp³-hybridized carbons (Fsp3) is 0.455. The molecular weight excluding hydrogens is 220 g/mol. The van der Waals surface area contributed by atoms with Gasteiger partial charge in [-0.3, -0.25) is 0 Å².